The van der Waals surface area contributed by atoms with Crippen LogP contribution in [0.3, 0.4) is 0 Å². The molecule has 0 spiro atoms. The van der Waals surface area contributed by atoms with E-state index in [0.29, 0.717) is 5.69 Å². The van der Waals surface area contributed by atoms with Gasteiger partial charge in [-0.1, -0.05) is 30.3 Å². The summed E-state index contributed by atoms with van der Waals surface area (Å²) < 4.78 is 7.12. The van der Waals surface area contributed by atoms with Gasteiger partial charge in [0.25, 0.3) is 0 Å². The van der Waals surface area contributed by atoms with Gasteiger partial charge in [0.05, 0.1) is 12.0 Å². The van der Waals surface area contributed by atoms with Gasteiger partial charge in [0.1, 0.15) is 17.2 Å². The predicted molar refractivity (Wildman–Crippen MR) is 135 cm³/mol. The van der Waals surface area contributed by atoms with E-state index >= 15 is 0 Å². The summed E-state index contributed by atoms with van der Waals surface area (Å²) in [6.45, 7) is 12.6. The van der Waals surface area contributed by atoms with Gasteiger partial charge in [0.2, 0.25) is 11.8 Å². The van der Waals surface area contributed by atoms with E-state index in [2.05, 4.69) is 20.9 Å². The molecule has 35 heavy (non-hydrogen) atoms. The molecule has 9 heteroatoms. The maximum absolute atomic E-state index is 13.5. The highest BCUT2D eigenvalue weighted by molar-refractivity contribution is 5.94. The minimum Gasteiger partial charge on any atom is -0.444 e. The third-order valence-electron chi connectivity index (χ3n) is 4.97. The molecule has 3 amide bonds. The lowest BCUT2D eigenvalue weighted by atomic mass is 9.90. The first-order chi connectivity index (χ1) is 16.1. The highest BCUT2D eigenvalue weighted by Crippen LogP contribution is 2.17. The monoisotopic (exact) mass is 485 g/mol. The van der Waals surface area contributed by atoms with Crippen LogP contribution in [0.2, 0.25) is 0 Å². The SMILES string of the molecule is Cn1cnc(C[C@H](NC(=O)OC(C)(C)C)C(=O)N[C@](C)(Cc2ccccc2)C(=O)NC(C)(C)C)c1. The fraction of sp³-hybridized carbons (Fsp3) is 0.538. The molecule has 0 aliphatic rings. The molecule has 2 aromatic rings. The van der Waals surface area contributed by atoms with Crippen LogP contribution in [0.25, 0.3) is 0 Å². The molecule has 2 atom stereocenters. The van der Waals surface area contributed by atoms with Gasteiger partial charge in [-0.25, -0.2) is 9.78 Å². The molecule has 0 saturated heterocycles. The maximum Gasteiger partial charge on any atom is 0.408 e. The van der Waals surface area contributed by atoms with Crippen LogP contribution >= 0.6 is 0 Å². The second-order valence-corrected chi connectivity index (χ2v) is 11.1. The highest BCUT2D eigenvalue weighted by atomic mass is 16.6. The first-order valence-electron chi connectivity index (χ1n) is 11.7. The van der Waals surface area contributed by atoms with E-state index in [1.54, 1.807) is 44.8 Å². The molecule has 0 saturated carbocycles. The Bertz CT molecular complexity index is 1020. The second kappa shape index (κ2) is 10.9. The van der Waals surface area contributed by atoms with Gasteiger partial charge in [-0.2, -0.15) is 0 Å². The number of aromatic nitrogens is 2. The Morgan fingerprint density at radius 3 is 2.14 bits per heavy atom. The summed E-state index contributed by atoms with van der Waals surface area (Å²) in [5.74, 6) is -0.833. The molecular weight excluding hydrogens is 446 g/mol. The minimum absolute atomic E-state index is 0.133. The Hall–Kier alpha value is -3.36. The van der Waals surface area contributed by atoms with Crippen molar-refractivity contribution in [3.05, 3.63) is 54.1 Å². The molecule has 0 fully saturated rings. The van der Waals surface area contributed by atoms with E-state index in [1.165, 1.54) is 0 Å². The zero-order valence-corrected chi connectivity index (χ0v) is 22.1. The highest BCUT2D eigenvalue weighted by Gasteiger charge is 2.39. The van der Waals surface area contributed by atoms with Crippen LogP contribution in [0.1, 0.15) is 59.7 Å². The van der Waals surface area contributed by atoms with E-state index in [-0.39, 0.29) is 18.7 Å². The summed E-state index contributed by atoms with van der Waals surface area (Å²) in [6.07, 6.45) is 3.07. The van der Waals surface area contributed by atoms with Gasteiger partial charge in [-0.15, -0.1) is 0 Å². The van der Waals surface area contributed by atoms with Gasteiger partial charge >= 0.3 is 6.09 Å². The summed E-state index contributed by atoms with van der Waals surface area (Å²) in [5.41, 5.74) is -0.996. The number of rotatable bonds is 8. The van der Waals surface area contributed by atoms with Crippen LogP contribution in [0.4, 0.5) is 4.79 Å². The lowest BCUT2D eigenvalue weighted by Crippen LogP contribution is -2.64. The predicted octanol–water partition coefficient (Wildman–Crippen LogP) is 2.89. The third kappa shape index (κ3) is 9.42. The second-order valence-electron chi connectivity index (χ2n) is 11.1. The van der Waals surface area contributed by atoms with Crippen LogP contribution in [-0.2, 0) is 34.2 Å². The first-order valence-corrected chi connectivity index (χ1v) is 11.7. The third-order valence-corrected chi connectivity index (χ3v) is 4.97. The normalized spacial score (nSPS) is 14.4. The van der Waals surface area contributed by atoms with Crippen molar-refractivity contribution < 1.29 is 19.1 Å². The van der Waals surface area contributed by atoms with Crippen molar-refractivity contribution in [2.24, 2.45) is 7.05 Å². The summed E-state index contributed by atoms with van der Waals surface area (Å²) in [4.78, 5) is 43.7. The summed E-state index contributed by atoms with van der Waals surface area (Å²) >= 11 is 0. The number of alkyl carbamates (subject to hydrolysis) is 1. The van der Waals surface area contributed by atoms with E-state index in [1.807, 2.05) is 58.2 Å². The van der Waals surface area contributed by atoms with Gasteiger partial charge < -0.3 is 25.3 Å². The zero-order chi connectivity index (χ0) is 26.4. The number of hydrogen-bond acceptors (Lipinski definition) is 5. The lowest BCUT2D eigenvalue weighted by molar-refractivity contribution is -0.134. The number of hydrogen-bond donors (Lipinski definition) is 3. The van der Waals surface area contributed by atoms with Crippen molar-refractivity contribution in [1.29, 1.82) is 0 Å². The molecule has 0 radical (unpaired) electrons. The maximum atomic E-state index is 13.5. The van der Waals surface area contributed by atoms with E-state index in [4.69, 9.17) is 4.74 Å². The van der Waals surface area contributed by atoms with E-state index < -0.39 is 34.7 Å². The average molecular weight is 486 g/mol. The standard InChI is InChI=1S/C26H39N5O4/c1-24(2,3)30-22(33)26(7,15-18-12-10-9-11-13-18)29-21(32)20(14-19-16-31(8)17-27-19)28-23(34)35-25(4,5)6/h9-13,16-17,20H,14-15H2,1-8H3,(H,28,34)(H,29,32)(H,30,33)/t20-,26+/m0/s1. The molecule has 0 unspecified atom stereocenters. The van der Waals surface area contributed by atoms with Crippen LogP contribution in [0.5, 0.6) is 0 Å². The smallest absolute Gasteiger partial charge is 0.408 e. The fourth-order valence-corrected chi connectivity index (χ4v) is 3.46. The van der Waals surface area contributed by atoms with Gasteiger partial charge in [-0.05, 0) is 54.0 Å². The Balaban J connectivity index is 2.33. The van der Waals surface area contributed by atoms with Crippen molar-refractivity contribution >= 4 is 17.9 Å². The topological polar surface area (TPSA) is 114 Å². The van der Waals surface area contributed by atoms with Gasteiger partial charge in [-0.3, -0.25) is 9.59 Å². The molecule has 1 aromatic heterocycles. The number of nitrogens with one attached hydrogen (secondary N) is 3. The number of carbonyl (C=O) groups excluding carboxylic acids is 3. The van der Waals surface area contributed by atoms with Crippen molar-refractivity contribution in [2.45, 2.75) is 84.0 Å². The number of carbonyl (C=O) groups is 3. The van der Waals surface area contributed by atoms with Gasteiger partial charge in [0, 0.05) is 31.6 Å². The molecular formula is C26H39N5O4. The van der Waals surface area contributed by atoms with Crippen LogP contribution in [0.15, 0.2) is 42.9 Å². The minimum atomic E-state index is -1.27. The quantitative estimate of drug-likeness (QED) is 0.532. The molecule has 2 rings (SSSR count). The number of benzene rings is 1. The number of aryl methyl sites for hydroxylation is 1. The Morgan fingerprint density at radius 2 is 1.63 bits per heavy atom. The Kier molecular flexibility index (Phi) is 8.70. The van der Waals surface area contributed by atoms with Crippen LogP contribution in [-0.4, -0.2) is 50.2 Å². The lowest BCUT2D eigenvalue weighted by Gasteiger charge is -2.34. The number of amides is 3. The van der Waals surface area contributed by atoms with Crippen LogP contribution in [0, 0.1) is 0 Å². The molecule has 0 aliphatic heterocycles. The number of imidazole rings is 1. The van der Waals surface area contributed by atoms with Crippen molar-refractivity contribution in [3.63, 3.8) is 0 Å². The molecule has 0 bridgehead atoms. The Morgan fingerprint density at radius 1 is 1.00 bits per heavy atom. The molecule has 1 aromatic carbocycles. The van der Waals surface area contributed by atoms with Crippen LogP contribution < -0.4 is 16.0 Å². The van der Waals surface area contributed by atoms with E-state index in [0.717, 1.165) is 5.56 Å². The fourth-order valence-electron chi connectivity index (χ4n) is 3.46. The number of ether oxygens (including phenoxy) is 1. The number of nitrogens with zero attached hydrogens (tertiary/aromatic N) is 2. The summed E-state index contributed by atoms with van der Waals surface area (Å²) in [7, 11) is 1.82. The summed E-state index contributed by atoms with van der Waals surface area (Å²) in [6, 6.07) is 8.46. The Labute approximate surface area is 208 Å². The molecule has 0 aliphatic carbocycles. The average Bonchev–Trinajstić information content (AvgIpc) is 3.10. The van der Waals surface area contributed by atoms with Crippen molar-refractivity contribution in [2.75, 3.05) is 0 Å². The molecule has 1 heterocycles. The van der Waals surface area contributed by atoms with Gasteiger partial charge in [0.15, 0.2) is 0 Å². The van der Waals surface area contributed by atoms with Crippen molar-refractivity contribution in [3.8, 4) is 0 Å². The largest absolute Gasteiger partial charge is 0.444 e. The molecule has 9 nitrogen and oxygen atoms in total. The van der Waals surface area contributed by atoms with E-state index in [9.17, 15) is 14.4 Å². The molecule has 3 N–H and O–H groups in total. The zero-order valence-electron chi connectivity index (χ0n) is 22.1. The van der Waals surface area contributed by atoms with Crippen molar-refractivity contribution in [1.82, 2.24) is 25.5 Å². The summed E-state index contributed by atoms with van der Waals surface area (Å²) in [5, 5.41) is 8.52. The molecule has 192 valence electrons. The first kappa shape index (κ1) is 27.9.